The van der Waals surface area contributed by atoms with E-state index in [0.717, 1.165) is 12.0 Å². The molecule has 5 nitrogen and oxygen atoms in total. The molecule has 1 aliphatic rings. The maximum absolute atomic E-state index is 12.8. The predicted octanol–water partition coefficient (Wildman–Crippen LogP) is 2.26. The number of carbonyl (C=O) groups is 1. The molecule has 4 heterocycles. The van der Waals surface area contributed by atoms with E-state index in [4.69, 9.17) is 0 Å². The zero-order valence-corrected chi connectivity index (χ0v) is 13.5. The second-order valence-electron chi connectivity index (χ2n) is 5.76. The lowest BCUT2D eigenvalue weighted by Crippen LogP contribution is -2.38. The first-order valence-electron chi connectivity index (χ1n) is 7.46. The van der Waals surface area contributed by atoms with Crippen molar-refractivity contribution in [3.63, 3.8) is 0 Å². The molecule has 0 spiro atoms. The second-order valence-corrected chi connectivity index (χ2v) is 6.76. The molecule has 0 atom stereocenters. The maximum atomic E-state index is 12.8. The molecule has 4 rings (SSSR count). The van der Waals surface area contributed by atoms with E-state index in [0.29, 0.717) is 18.7 Å². The van der Waals surface area contributed by atoms with Gasteiger partial charge in [-0.15, -0.1) is 11.3 Å². The number of thiophene rings is 1. The first-order chi connectivity index (χ1) is 11.1. The molecule has 3 aromatic rings. The van der Waals surface area contributed by atoms with Gasteiger partial charge in [-0.2, -0.15) is 0 Å². The first kappa shape index (κ1) is 14.1. The van der Waals surface area contributed by atoms with Crippen LogP contribution in [0.2, 0.25) is 0 Å². The second kappa shape index (κ2) is 5.31. The lowest BCUT2D eigenvalue weighted by Gasteiger charge is -2.26. The SMILES string of the molecule is Cc1ccc2ncc(C(=O)N3CCc4sccc4C3)c(=O)n2c1. The predicted molar refractivity (Wildman–Crippen MR) is 89.0 cm³/mol. The Kier molecular flexibility index (Phi) is 3.27. The summed E-state index contributed by atoms with van der Waals surface area (Å²) in [6.45, 7) is 3.11. The van der Waals surface area contributed by atoms with Crippen LogP contribution in [0.3, 0.4) is 0 Å². The molecule has 0 saturated heterocycles. The molecule has 0 radical (unpaired) electrons. The highest BCUT2D eigenvalue weighted by Crippen LogP contribution is 2.24. The molecular formula is C17H15N3O2S. The summed E-state index contributed by atoms with van der Waals surface area (Å²) in [5.41, 5.74) is 2.51. The molecule has 23 heavy (non-hydrogen) atoms. The lowest BCUT2D eigenvalue weighted by atomic mass is 10.1. The molecule has 0 aliphatic carbocycles. The molecule has 0 saturated carbocycles. The van der Waals surface area contributed by atoms with Gasteiger partial charge in [-0.3, -0.25) is 14.0 Å². The average molecular weight is 325 g/mol. The number of hydrogen-bond donors (Lipinski definition) is 0. The molecule has 0 fully saturated rings. The summed E-state index contributed by atoms with van der Waals surface area (Å²) >= 11 is 1.73. The Hall–Kier alpha value is -2.47. The summed E-state index contributed by atoms with van der Waals surface area (Å²) in [5.74, 6) is -0.241. The van der Waals surface area contributed by atoms with Crippen molar-refractivity contribution < 1.29 is 4.79 Å². The van der Waals surface area contributed by atoms with Gasteiger partial charge in [-0.05, 0) is 42.0 Å². The minimum absolute atomic E-state index is 0.131. The summed E-state index contributed by atoms with van der Waals surface area (Å²) < 4.78 is 1.45. The number of rotatable bonds is 1. The summed E-state index contributed by atoms with van der Waals surface area (Å²) in [6.07, 6.45) is 3.97. The van der Waals surface area contributed by atoms with E-state index in [1.807, 2.05) is 24.4 Å². The molecular weight excluding hydrogens is 310 g/mol. The molecule has 3 aromatic heterocycles. The number of amides is 1. The number of aryl methyl sites for hydroxylation is 1. The Bertz CT molecular complexity index is 973. The van der Waals surface area contributed by atoms with Gasteiger partial charge >= 0.3 is 0 Å². The van der Waals surface area contributed by atoms with Crippen molar-refractivity contribution >= 4 is 22.9 Å². The highest BCUT2D eigenvalue weighted by atomic mass is 32.1. The summed E-state index contributed by atoms with van der Waals surface area (Å²) in [6, 6.07) is 5.73. The van der Waals surface area contributed by atoms with Crippen LogP contribution in [0.25, 0.3) is 5.65 Å². The Morgan fingerprint density at radius 3 is 3.04 bits per heavy atom. The van der Waals surface area contributed by atoms with E-state index in [1.54, 1.807) is 28.5 Å². The van der Waals surface area contributed by atoms with Gasteiger partial charge in [0.25, 0.3) is 11.5 Å². The standard InChI is InChI=1S/C17H15N3O2S/c1-11-2-3-15-18-8-13(17(22)20(15)9-11)16(21)19-6-4-14-12(10-19)5-7-23-14/h2-3,5,7-9H,4,6,10H2,1H3. The van der Waals surface area contributed by atoms with E-state index in [9.17, 15) is 9.59 Å². The van der Waals surface area contributed by atoms with Crippen LogP contribution < -0.4 is 5.56 Å². The highest BCUT2D eigenvalue weighted by molar-refractivity contribution is 7.10. The quantitative estimate of drug-likeness (QED) is 0.690. The Labute approximate surface area is 136 Å². The van der Waals surface area contributed by atoms with Crippen molar-refractivity contribution in [3.8, 4) is 0 Å². The van der Waals surface area contributed by atoms with Crippen LogP contribution in [0, 0.1) is 6.92 Å². The van der Waals surface area contributed by atoms with Gasteiger partial charge in [0.1, 0.15) is 11.2 Å². The van der Waals surface area contributed by atoms with E-state index in [1.165, 1.54) is 21.0 Å². The fourth-order valence-electron chi connectivity index (χ4n) is 2.92. The molecule has 1 aliphatic heterocycles. The van der Waals surface area contributed by atoms with E-state index in [-0.39, 0.29) is 17.0 Å². The molecule has 0 aromatic carbocycles. The molecule has 6 heteroatoms. The number of fused-ring (bicyclic) bond motifs is 2. The molecule has 0 N–H and O–H groups in total. The Morgan fingerprint density at radius 2 is 2.17 bits per heavy atom. The molecule has 116 valence electrons. The zero-order chi connectivity index (χ0) is 16.0. The van der Waals surface area contributed by atoms with Gasteiger partial charge in [-0.25, -0.2) is 4.98 Å². The minimum atomic E-state index is -0.306. The topological polar surface area (TPSA) is 54.7 Å². The first-order valence-corrected chi connectivity index (χ1v) is 8.34. The van der Waals surface area contributed by atoms with Crippen molar-refractivity contribution in [2.24, 2.45) is 0 Å². The largest absolute Gasteiger partial charge is 0.334 e. The maximum Gasteiger partial charge on any atom is 0.270 e. The molecule has 0 unspecified atom stereocenters. The molecule has 0 bridgehead atoms. The number of hydrogen-bond acceptors (Lipinski definition) is 4. The van der Waals surface area contributed by atoms with Crippen molar-refractivity contribution in [3.05, 3.63) is 67.9 Å². The van der Waals surface area contributed by atoms with Crippen LogP contribution in [0.1, 0.15) is 26.4 Å². The van der Waals surface area contributed by atoms with Crippen LogP contribution in [-0.4, -0.2) is 26.7 Å². The zero-order valence-electron chi connectivity index (χ0n) is 12.7. The molecule has 1 amide bonds. The van der Waals surface area contributed by atoms with Gasteiger partial charge in [0.05, 0.1) is 0 Å². The number of pyridine rings is 1. The van der Waals surface area contributed by atoms with Crippen LogP contribution in [0.5, 0.6) is 0 Å². The van der Waals surface area contributed by atoms with Gasteiger partial charge in [0.15, 0.2) is 0 Å². The van der Waals surface area contributed by atoms with E-state index < -0.39 is 0 Å². The summed E-state index contributed by atoms with van der Waals surface area (Å²) in [7, 11) is 0. The van der Waals surface area contributed by atoms with Gasteiger partial charge in [0, 0.05) is 30.4 Å². The fourth-order valence-corrected chi connectivity index (χ4v) is 3.81. The van der Waals surface area contributed by atoms with Gasteiger partial charge < -0.3 is 4.90 Å². The van der Waals surface area contributed by atoms with Crippen molar-refractivity contribution in [1.82, 2.24) is 14.3 Å². The smallest absolute Gasteiger partial charge is 0.270 e. The van der Waals surface area contributed by atoms with Crippen molar-refractivity contribution in [2.45, 2.75) is 19.9 Å². The highest BCUT2D eigenvalue weighted by Gasteiger charge is 2.25. The van der Waals surface area contributed by atoms with Crippen LogP contribution in [-0.2, 0) is 13.0 Å². The third-order valence-corrected chi connectivity index (χ3v) is 5.20. The third kappa shape index (κ3) is 2.35. The number of carbonyl (C=O) groups excluding carboxylic acids is 1. The normalized spacial score (nSPS) is 14.0. The number of nitrogens with zero attached hydrogens (tertiary/aromatic N) is 3. The minimum Gasteiger partial charge on any atom is -0.334 e. The Morgan fingerprint density at radius 1 is 1.30 bits per heavy atom. The Balaban J connectivity index is 1.73. The fraction of sp³-hybridized carbons (Fsp3) is 0.235. The third-order valence-electron chi connectivity index (χ3n) is 4.18. The van der Waals surface area contributed by atoms with E-state index >= 15 is 0 Å². The lowest BCUT2D eigenvalue weighted by molar-refractivity contribution is 0.0733. The van der Waals surface area contributed by atoms with Crippen molar-refractivity contribution in [1.29, 1.82) is 0 Å². The average Bonchev–Trinajstić information content (AvgIpc) is 3.03. The number of aromatic nitrogens is 2. The van der Waals surface area contributed by atoms with Gasteiger partial charge in [-0.1, -0.05) is 6.07 Å². The monoisotopic (exact) mass is 325 g/mol. The summed E-state index contributed by atoms with van der Waals surface area (Å²) in [4.78, 5) is 32.7. The summed E-state index contributed by atoms with van der Waals surface area (Å²) in [5, 5.41) is 2.05. The van der Waals surface area contributed by atoms with E-state index in [2.05, 4.69) is 4.98 Å². The van der Waals surface area contributed by atoms with Crippen LogP contribution in [0.15, 0.2) is 40.8 Å². The van der Waals surface area contributed by atoms with Crippen LogP contribution >= 0.6 is 11.3 Å². The van der Waals surface area contributed by atoms with Gasteiger partial charge in [0.2, 0.25) is 0 Å². The van der Waals surface area contributed by atoms with Crippen molar-refractivity contribution in [2.75, 3.05) is 6.54 Å². The van der Waals surface area contributed by atoms with Crippen LogP contribution in [0.4, 0.5) is 0 Å².